The van der Waals surface area contributed by atoms with Gasteiger partial charge in [0.15, 0.2) is 11.5 Å². The number of benzene rings is 3. The molecule has 9 heteroatoms. The lowest BCUT2D eigenvalue weighted by Crippen LogP contribution is -2.45. The number of rotatable bonds is 8. The molecule has 5 rings (SSSR count). The lowest BCUT2D eigenvalue weighted by atomic mass is 10.1. The monoisotopic (exact) mass is 543 g/mol. The maximum absolute atomic E-state index is 13.4. The maximum atomic E-state index is 13.4. The van der Waals surface area contributed by atoms with Crippen molar-refractivity contribution in [2.24, 2.45) is 0 Å². The maximum Gasteiger partial charge on any atom is 0.257 e. The molecular formula is C30H29N3O5S. The molecule has 3 amide bonds. The summed E-state index contributed by atoms with van der Waals surface area (Å²) in [5, 5.41) is 0.872. The van der Waals surface area contributed by atoms with E-state index in [2.05, 4.69) is 13.0 Å². The zero-order chi connectivity index (χ0) is 27.7. The highest BCUT2D eigenvalue weighted by Gasteiger charge is 2.43. The molecule has 1 atom stereocenters. The Balaban J connectivity index is 1.32. The van der Waals surface area contributed by atoms with Crippen LogP contribution in [0, 0.1) is 6.92 Å². The smallest absolute Gasteiger partial charge is 0.257 e. The third kappa shape index (κ3) is 5.22. The average Bonchev–Trinajstić information content (AvgIpc) is 3.48. The molecule has 1 fully saturated rings. The number of carbonyl (C=O) groups excluding carboxylic acids is 3. The van der Waals surface area contributed by atoms with E-state index in [1.165, 1.54) is 22.3 Å². The summed E-state index contributed by atoms with van der Waals surface area (Å²) in [6.07, 6.45) is 0.442. The van der Waals surface area contributed by atoms with Gasteiger partial charge in [-0.1, -0.05) is 12.1 Å². The minimum absolute atomic E-state index is 0.0523. The van der Waals surface area contributed by atoms with E-state index < -0.39 is 11.9 Å². The molecule has 0 radical (unpaired) electrons. The molecule has 1 unspecified atom stereocenters. The van der Waals surface area contributed by atoms with Gasteiger partial charge in [-0.15, -0.1) is 11.3 Å². The van der Waals surface area contributed by atoms with E-state index >= 15 is 0 Å². The van der Waals surface area contributed by atoms with Crippen molar-refractivity contribution in [3.8, 4) is 22.1 Å². The highest BCUT2D eigenvalue weighted by Crippen LogP contribution is 2.33. The van der Waals surface area contributed by atoms with Gasteiger partial charge in [0, 0.05) is 19.0 Å². The fraction of sp³-hybridized carbons (Fsp3) is 0.267. The number of ether oxygens (including phenoxy) is 2. The quantitative estimate of drug-likeness (QED) is 0.290. The number of carbonyl (C=O) groups is 3. The van der Waals surface area contributed by atoms with Gasteiger partial charge < -0.3 is 14.4 Å². The Bertz CT molecular complexity index is 1560. The van der Waals surface area contributed by atoms with Crippen LogP contribution in [-0.2, 0) is 20.8 Å². The van der Waals surface area contributed by atoms with Gasteiger partial charge in [-0.2, -0.15) is 0 Å². The second-order valence-electron chi connectivity index (χ2n) is 9.48. The number of aryl methyl sites for hydroxylation is 1. The Kier molecular flexibility index (Phi) is 7.34. The molecule has 0 saturated carbocycles. The third-order valence-electron chi connectivity index (χ3n) is 6.91. The molecule has 1 saturated heterocycles. The van der Waals surface area contributed by atoms with Gasteiger partial charge in [-0.05, 0) is 73.0 Å². The number of fused-ring (bicyclic) bond motifs is 1. The zero-order valence-electron chi connectivity index (χ0n) is 22.3. The Hall–Kier alpha value is -4.24. The molecule has 0 N–H and O–H groups in total. The van der Waals surface area contributed by atoms with Crippen LogP contribution in [0.25, 0.3) is 20.8 Å². The van der Waals surface area contributed by atoms with Crippen LogP contribution in [0.1, 0.15) is 24.5 Å². The van der Waals surface area contributed by atoms with Gasteiger partial charge >= 0.3 is 0 Å². The largest absolute Gasteiger partial charge is 0.493 e. The van der Waals surface area contributed by atoms with Crippen LogP contribution in [0.4, 0.5) is 5.69 Å². The van der Waals surface area contributed by atoms with E-state index in [-0.39, 0.29) is 18.2 Å². The number of hydrogen-bond acceptors (Lipinski definition) is 7. The van der Waals surface area contributed by atoms with Gasteiger partial charge in [0.1, 0.15) is 11.0 Å². The van der Waals surface area contributed by atoms with E-state index in [0.717, 1.165) is 26.4 Å². The molecule has 0 bridgehead atoms. The number of amides is 3. The average molecular weight is 544 g/mol. The summed E-state index contributed by atoms with van der Waals surface area (Å²) in [6, 6.07) is 18.1. The van der Waals surface area contributed by atoms with Crippen molar-refractivity contribution in [3.05, 3.63) is 71.8 Å². The first-order chi connectivity index (χ1) is 18.8. The number of anilines is 1. The predicted octanol–water partition coefficient (Wildman–Crippen LogP) is 5.01. The minimum Gasteiger partial charge on any atom is -0.493 e. The molecule has 1 aliphatic rings. The van der Waals surface area contributed by atoms with E-state index in [4.69, 9.17) is 14.5 Å². The molecule has 1 aliphatic heterocycles. The molecule has 8 nitrogen and oxygen atoms in total. The molecular weight excluding hydrogens is 514 g/mol. The van der Waals surface area contributed by atoms with E-state index in [1.807, 2.05) is 36.4 Å². The standard InChI is InChI=1S/C30H29N3O5S/c1-18-5-11-23-27(15-18)39-29(31-23)21-7-9-22(10-8-21)33-28(35)17-24(30(33)36)32(19(2)34)14-13-20-6-12-25(37-3)26(16-20)38-4/h5-12,15-16,24H,13-14,17H2,1-4H3. The third-order valence-corrected chi connectivity index (χ3v) is 7.98. The van der Waals surface area contributed by atoms with Gasteiger partial charge in [0.05, 0.1) is 36.5 Å². The number of imide groups is 1. The summed E-state index contributed by atoms with van der Waals surface area (Å²) in [6.45, 7) is 3.76. The lowest BCUT2D eigenvalue weighted by Gasteiger charge is -2.26. The van der Waals surface area contributed by atoms with Crippen LogP contribution in [0.2, 0.25) is 0 Å². The van der Waals surface area contributed by atoms with Gasteiger partial charge in [0.25, 0.3) is 5.91 Å². The number of aromatic nitrogens is 1. The minimum atomic E-state index is -0.845. The van der Waals surface area contributed by atoms with Crippen molar-refractivity contribution in [1.82, 2.24) is 9.88 Å². The van der Waals surface area contributed by atoms with Crippen molar-refractivity contribution in [2.75, 3.05) is 25.7 Å². The summed E-state index contributed by atoms with van der Waals surface area (Å²) in [5.41, 5.74) is 4.44. The number of hydrogen-bond donors (Lipinski definition) is 0. The van der Waals surface area contributed by atoms with E-state index in [9.17, 15) is 14.4 Å². The Morgan fingerprint density at radius 3 is 2.46 bits per heavy atom. The topological polar surface area (TPSA) is 89.0 Å². The first kappa shape index (κ1) is 26.4. The highest BCUT2D eigenvalue weighted by molar-refractivity contribution is 7.21. The number of thiazole rings is 1. The molecule has 0 spiro atoms. The Labute approximate surface area is 230 Å². The lowest BCUT2D eigenvalue weighted by molar-refractivity contribution is -0.136. The first-order valence-corrected chi connectivity index (χ1v) is 13.4. The van der Waals surface area contributed by atoms with Crippen LogP contribution >= 0.6 is 11.3 Å². The van der Waals surface area contributed by atoms with Gasteiger partial charge in [-0.25, -0.2) is 9.88 Å². The summed E-state index contributed by atoms with van der Waals surface area (Å²) in [5.74, 6) is 0.217. The van der Waals surface area contributed by atoms with Crippen LogP contribution in [-0.4, -0.2) is 54.4 Å². The van der Waals surface area contributed by atoms with Crippen molar-refractivity contribution in [3.63, 3.8) is 0 Å². The summed E-state index contributed by atoms with van der Waals surface area (Å²) < 4.78 is 11.8. The Morgan fingerprint density at radius 2 is 1.77 bits per heavy atom. The Morgan fingerprint density at radius 1 is 1.03 bits per heavy atom. The molecule has 0 aliphatic carbocycles. The van der Waals surface area contributed by atoms with Gasteiger partial charge in [0.2, 0.25) is 11.8 Å². The SMILES string of the molecule is COc1ccc(CCN(C(C)=O)C2CC(=O)N(c3ccc(-c4nc5ccc(C)cc5s4)cc3)C2=O)cc1OC. The van der Waals surface area contributed by atoms with E-state index in [0.29, 0.717) is 30.2 Å². The van der Waals surface area contributed by atoms with Crippen molar-refractivity contribution >= 4 is 45.0 Å². The molecule has 200 valence electrons. The fourth-order valence-corrected chi connectivity index (χ4v) is 5.93. The predicted molar refractivity (Wildman–Crippen MR) is 151 cm³/mol. The second kappa shape index (κ2) is 10.9. The first-order valence-electron chi connectivity index (χ1n) is 12.6. The zero-order valence-corrected chi connectivity index (χ0v) is 23.1. The highest BCUT2D eigenvalue weighted by atomic mass is 32.1. The van der Waals surface area contributed by atoms with Crippen LogP contribution in [0.5, 0.6) is 11.5 Å². The molecule has 39 heavy (non-hydrogen) atoms. The van der Waals surface area contributed by atoms with Gasteiger partial charge in [-0.3, -0.25) is 14.4 Å². The summed E-state index contributed by atoms with van der Waals surface area (Å²) in [4.78, 5) is 46.3. The molecule has 4 aromatic rings. The van der Waals surface area contributed by atoms with Crippen LogP contribution in [0.15, 0.2) is 60.7 Å². The molecule has 3 aromatic carbocycles. The molecule has 1 aromatic heterocycles. The van der Waals surface area contributed by atoms with Crippen molar-refractivity contribution in [1.29, 1.82) is 0 Å². The van der Waals surface area contributed by atoms with Crippen molar-refractivity contribution in [2.45, 2.75) is 32.7 Å². The van der Waals surface area contributed by atoms with E-state index in [1.54, 1.807) is 43.8 Å². The summed E-state index contributed by atoms with van der Waals surface area (Å²) >= 11 is 1.60. The number of nitrogens with zero attached hydrogens (tertiary/aromatic N) is 3. The van der Waals surface area contributed by atoms with Crippen LogP contribution < -0.4 is 14.4 Å². The normalized spacial score (nSPS) is 15.2. The fourth-order valence-electron chi connectivity index (χ4n) is 4.86. The molecule has 2 heterocycles. The second-order valence-corrected chi connectivity index (χ2v) is 10.5. The number of methoxy groups -OCH3 is 2. The van der Waals surface area contributed by atoms with Crippen molar-refractivity contribution < 1.29 is 23.9 Å². The summed E-state index contributed by atoms with van der Waals surface area (Å²) in [7, 11) is 3.13. The van der Waals surface area contributed by atoms with Crippen LogP contribution in [0.3, 0.4) is 0 Å².